The standard InChI is InChI=1S/C28H28N2O5/c1-16-11-21(35-28(34)20-13-23(31)29(15-20)14-17-5-3-2-4-6-17)9-10-22(16)30-26(32)24-18-7-8-19(12-18)25(24)27(30)33/h2-6,9-11,18-20,24-25H,7-8,12-15H2,1H3/t18-,19-,20+,24-,25+/m0/s1. The van der Waals surface area contributed by atoms with Gasteiger partial charge in [0.15, 0.2) is 0 Å². The summed E-state index contributed by atoms with van der Waals surface area (Å²) >= 11 is 0. The van der Waals surface area contributed by atoms with Gasteiger partial charge in [-0.25, -0.2) is 4.90 Å². The summed E-state index contributed by atoms with van der Waals surface area (Å²) in [6.45, 7) is 2.61. The Morgan fingerprint density at radius 3 is 2.31 bits per heavy atom. The highest BCUT2D eigenvalue weighted by Crippen LogP contribution is 2.56. The first kappa shape index (κ1) is 22.0. The number of esters is 1. The molecule has 6 rings (SSSR count). The second kappa shape index (κ2) is 8.33. The third-order valence-electron chi connectivity index (χ3n) is 8.32. The zero-order valence-electron chi connectivity index (χ0n) is 19.7. The van der Waals surface area contributed by atoms with E-state index in [1.807, 2.05) is 37.3 Å². The van der Waals surface area contributed by atoms with Crippen LogP contribution >= 0.6 is 0 Å². The molecule has 7 nitrogen and oxygen atoms in total. The number of benzene rings is 2. The number of aryl methyl sites for hydroxylation is 1. The van der Waals surface area contributed by atoms with Gasteiger partial charge in [0, 0.05) is 19.5 Å². The summed E-state index contributed by atoms with van der Waals surface area (Å²) in [5.74, 6) is -0.509. The van der Waals surface area contributed by atoms with E-state index in [0.29, 0.717) is 41.9 Å². The van der Waals surface area contributed by atoms with Gasteiger partial charge in [-0.1, -0.05) is 30.3 Å². The van der Waals surface area contributed by atoms with Crippen LogP contribution in [0.3, 0.4) is 0 Å². The maximum absolute atomic E-state index is 13.2. The Balaban J connectivity index is 1.13. The summed E-state index contributed by atoms with van der Waals surface area (Å²) in [4.78, 5) is 54.6. The van der Waals surface area contributed by atoms with Crippen LogP contribution in [0.15, 0.2) is 48.5 Å². The summed E-state index contributed by atoms with van der Waals surface area (Å²) in [5.41, 5.74) is 2.29. The maximum Gasteiger partial charge on any atom is 0.316 e. The second-order valence-electron chi connectivity index (χ2n) is 10.4. The van der Waals surface area contributed by atoms with Gasteiger partial charge in [0.2, 0.25) is 17.7 Å². The monoisotopic (exact) mass is 472 g/mol. The highest BCUT2D eigenvalue weighted by Gasteiger charge is 2.61. The van der Waals surface area contributed by atoms with E-state index in [1.165, 1.54) is 4.90 Å². The average Bonchev–Trinajstić information content (AvgIpc) is 3.60. The molecule has 3 amide bonds. The van der Waals surface area contributed by atoms with Crippen LogP contribution in [0.2, 0.25) is 0 Å². The number of likely N-dealkylation sites (tertiary alicyclic amines) is 1. The zero-order chi connectivity index (χ0) is 24.3. The Bertz CT molecular complexity index is 1200. The molecular weight excluding hydrogens is 444 g/mol. The van der Waals surface area contributed by atoms with Gasteiger partial charge in [-0.15, -0.1) is 0 Å². The van der Waals surface area contributed by atoms with E-state index >= 15 is 0 Å². The molecule has 2 heterocycles. The van der Waals surface area contributed by atoms with Crippen molar-refractivity contribution in [3.05, 3.63) is 59.7 Å². The normalized spacial score (nSPS) is 29.3. The highest BCUT2D eigenvalue weighted by molar-refractivity contribution is 6.23. The lowest BCUT2D eigenvalue weighted by Crippen LogP contribution is -2.33. The summed E-state index contributed by atoms with van der Waals surface area (Å²) in [5, 5.41) is 0. The van der Waals surface area contributed by atoms with Crippen LogP contribution in [-0.2, 0) is 25.7 Å². The number of hydrogen-bond acceptors (Lipinski definition) is 5. The Morgan fingerprint density at radius 2 is 1.66 bits per heavy atom. The minimum atomic E-state index is -0.525. The molecule has 2 bridgehead atoms. The van der Waals surface area contributed by atoms with E-state index in [0.717, 1.165) is 24.8 Å². The van der Waals surface area contributed by atoms with E-state index in [1.54, 1.807) is 23.1 Å². The van der Waals surface area contributed by atoms with Crippen molar-refractivity contribution >= 4 is 29.4 Å². The Morgan fingerprint density at radius 1 is 0.971 bits per heavy atom. The largest absolute Gasteiger partial charge is 0.426 e. The summed E-state index contributed by atoms with van der Waals surface area (Å²) in [6.07, 6.45) is 3.21. The van der Waals surface area contributed by atoms with Gasteiger partial charge in [-0.2, -0.15) is 0 Å². The molecule has 35 heavy (non-hydrogen) atoms. The number of carbonyl (C=O) groups excluding carboxylic acids is 4. The number of imide groups is 1. The number of nitrogens with zero attached hydrogens (tertiary/aromatic N) is 2. The maximum atomic E-state index is 13.2. The second-order valence-corrected chi connectivity index (χ2v) is 10.4. The average molecular weight is 473 g/mol. The first-order valence-corrected chi connectivity index (χ1v) is 12.4. The van der Waals surface area contributed by atoms with Crippen molar-refractivity contribution in [3.8, 4) is 5.75 Å². The number of hydrogen-bond donors (Lipinski definition) is 0. The minimum Gasteiger partial charge on any atom is -0.426 e. The van der Waals surface area contributed by atoms with E-state index in [4.69, 9.17) is 4.74 Å². The fraction of sp³-hybridized carbons (Fsp3) is 0.429. The molecule has 5 atom stereocenters. The molecule has 4 aliphatic rings. The lowest BCUT2D eigenvalue weighted by molar-refractivity contribution is -0.139. The first-order chi connectivity index (χ1) is 16.9. The van der Waals surface area contributed by atoms with E-state index < -0.39 is 11.9 Å². The molecule has 0 unspecified atom stereocenters. The lowest BCUT2D eigenvalue weighted by Gasteiger charge is -2.20. The van der Waals surface area contributed by atoms with Crippen molar-refractivity contribution in [1.29, 1.82) is 0 Å². The molecule has 2 aliphatic heterocycles. The van der Waals surface area contributed by atoms with Crippen LogP contribution in [0.1, 0.15) is 36.8 Å². The summed E-state index contributed by atoms with van der Waals surface area (Å²) in [6, 6.07) is 14.7. The molecule has 180 valence electrons. The fourth-order valence-corrected chi connectivity index (χ4v) is 6.67. The molecule has 2 aromatic carbocycles. The van der Waals surface area contributed by atoms with E-state index in [9.17, 15) is 19.2 Å². The number of carbonyl (C=O) groups is 4. The molecule has 2 aromatic rings. The van der Waals surface area contributed by atoms with Crippen LogP contribution in [0.5, 0.6) is 5.75 Å². The van der Waals surface area contributed by atoms with Crippen LogP contribution in [0.4, 0.5) is 5.69 Å². The van der Waals surface area contributed by atoms with E-state index in [2.05, 4.69) is 0 Å². The summed E-state index contributed by atoms with van der Waals surface area (Å²) < 4.78 is 5.61. The van der Waals surface area contributed by atoms with Gasteiger partial charge in [0.05, 0.1) is 23.4 Å². The Hall–Kier alpha value is -3.48. The Kier molecular flexibility index (Phi) is 5.24. The van der Waals surface area contributed by atoms with Crippen LogP contribution in [0, 0.1) is 36.5 Å². The van der Waals surface area contributed by atoms with Gasteiger partial charge in [-0.3, -0.25) is 19.2 Å². The van der Waals surface area contributed by atoms with Crippen LogP contribution < -0.4 is 9.64 Å². The molecule has 4 fully saturated rings. The zero-order valence-corrected chi connectivity index (χ0v) is 19.7. The topological polar surface area (TPSA) is 84.0 Å². The predicted molar refractivity (Wildman–Crippen MR) is 127 cm³/mol. The highest BCUT2D eigenvalue weighted by atomic mass is 16.5. The number of anilines is 1. The molecule has 2 aliphatic carbocycles. The van der Waals surface area contributed by atoms with Crippen LogP contribution in [0.25, 0.3) is 0 Å². The van der Waals surface area contributed by atoms with Gasteiger partial charge < -0.3 is 9.64 Å². The SMILES string of the molecule is Cc1cc(OC(=O)[C@@H]2CC(=O)N(Cc3ccccc3)C2)ccc1N1C(=O)[C@@H]2[C@H]3CC[C@@H](C3)[C@@H]2C1=O. The molecule has 7 heteroatoms. The van der Waals surface area contributed by atoms with E-state index in [-0.39, 0.29) is 36.0 Å². The molecule has 0 aromatic heterocycles. The predicted octanol–water partition coefficient (Wildman–Crippen LogP) is 3.48. The van der Waals surface area contributed by atoms with Crippen molar-refractivity contribution in [2.75, 3.05) is 11.4 Å². The smallest absolute Gasteiger partial charge is 0.316 e. The van der Waals surface area contributed by atoms with Crippen molar-refractivity contribution in [3.63, 3.8) is 0 Å². The number of fused-ring (bicyclic) bond motifs is 5. The van der Waals surface area contributed by atoms with Gasteiger partial charge in [0.1, 0.15) is 5.75 Å². The summed E-state index contributed by atoms with van der Waals surface area (Å²) in [7, 11) is 0. The van der Waals surface area contributed by atoms with Crippen molar-refractivity contribution in [1.82, 2.24) is 4.90 Å². The van der Waals surface area contributed by atoms with Crippen LogP contribution in [-0.4, -0.2) is 35.1 Å². The van der Waals surface area contributed by atoms with Gasteiger partial charge in [0.25, 0.3) is 0 Å². The fourth-order valence-electron chi connectivity index (χ4n) is 6.67. The number of amides is 3. The lowest BCUT2D eigenvalue weighted by atomic mass is 9.81. The Labute approximate surface area is 204 Å². The molecule has 0 radical (unpaired) electrons. The molecule has 0 spiro atoms. The first-order valence-electron chi connectivity index (χ1n) is 12.4. The molecule has 2 saturated heterocycles. The molecule has 2 saturated carbocycles. The minimum absolute atomic E-state index is 0.0621. The van der Waals surface area contributed by atoms with Crippen molar-refractivity contribution in [2.24, 2.45) is 29.6 Å². The molecular formula is C28H28N2O5. The number of rotatable bonds is 5. The third kappa shape index (κ3) is 3.65. The van der Waals surface area contributed by atoms with Gasteiger partial charge >= 0.3 is 5.97 Å². The van der Waals surface area contributed by atoms with Crippen molar-refractivity contribution in [2.45, 2.75) is 39.2 Å². The molecule has 0 N–H and O–H groups in total. The van der Waals surface area contributed by atoms with Crippen molar-refractivity contribution < 1.29 is 23.9 Å². The van der Waals surface area contributed by atoms with Gasteiger partial charge in [-0.05, 0) is 67.3 Å². The quantitative estimate of drug-likeness (QED) is 0.378. The third-order valence-corrected chi connectivity index (χ3v) is 8.32. The number of ether oxygens (including phenoxy) is 1.